The lowest BCUT2D eigenvalue weighted by Crippen LogP contribution is -2.26. The number of nitrogens with one attached hydrogen (secondary N) is 1. The zero-order chi connectivity index (χ0) is 18.2. The molecule has 132 valence electrons. The normalized spacial score (nSPS) is 10.2. The smallest absolute Gasteiger partial charge is 0.413 e. The summed E-state index contributed by atoms with van der Waals surface area (Å²) in [5, 5.41) is 2.78. The van der Waals surface area contributed by atoms with Crippen molar-refractivity contribution in [3.8, 4) is 0 Å². The SMILES string of the molecule is CCOC(=O)N(C)c1ccc(NC(=O)CSc2ccc(F)cc2)cc1. The number of ether oxygens (including phenoxy) is 1. The van der Waals surface area contributed by atoms with Crippen molar-refractivity contribution >= 4 is 35.1 Å². The highest BCUT2D eigenvalue weighted by atomic mass is 32.2. The van der Waals surface area contributed by atoms with E-state index in [0.29, 0.717) is 18.0 Å². The van der Waals surface area contributed by atoms with Gasteiger partial charge in [-0.2, -0.15) is 0 Å². The van der Waals surface area contributed by atoms with E-state index in [-0.39, 0.29) is 17.5 Å². The molecule has 25 heavy (non-hydrogen) atoms. The Morgan fingerprint density at radius 2 is 1.76 bits per heavy atom. The average Bonchev–Trinajstić information content (AvgIpc) is 2.61. The number of halogens is 1. The van der Waals surface area contributed by atoms with Gasteiger partial charge in [0.2, 0.25) is 5.91 Å². The number of anilines is 2. The summed E-state index contributed by atoms with van der Waals surface area (Å²) in [5.41, 5.74) is 1.29. The van der Waals surface area contributed by atoms with Crippen LogP contribution >= 0.6 is 11.8 Å². The molecule has 0 aliphatic rings. The quantitative estimate of drug-likeness (QED) is 0.785. The number of rotatable bonds is 6. The molecular weight excluding hydrogens is 343 g/mol. The summed E-state index contributed by atoms with van der Waals surface area (Å²) in [6.45, 7) is 2.05. The molecule has 0 aromatic heterocycles. The summed E-state index contributed by atoms with van der Waals surface area (Å²) in [4.78, 5) is 25.8. The average molecular weight is 362 g/mol. The van der Waals surface area contributed by atoms with Crippen LogP contribution in [0.3, 0.4) is 0 Å². The van der Waals surface area contributed by atoms with Gasteiger partial charge in [0.1, 0.15) is 5.82 Å². The van der Waals surface area contributed by atoms with Gasteiger partial charge in [0, 0.05) is 23.3 Å². The van der Waals surface area contributed by atoms with E-state index in [0.717, 1.165) is 4.90 Å². The Labute approximate surface area is 150 Å². The second kappa shape index (κ2) is 9.08. The minimum absolute atomic E-state index is 0.166. The van der Waals surface area contributed by atoms with Gasteiger partial charge in [0.25, 0.3) is 0 Å². The number of nitrogens with zero attached hydrogens (tertiary/aromatic N) is 1. The maximum Gasteiger partial charge on any atom is 0.413 e. The van der Waals surface area contributed by atoms with Gasteiger partial charge in [-0.05, 0) is 55.5 Å². The monoisotopic (exact) mass is 362 g/mol. The maximum absolute atomic E-state index is 12.8. The van der Waals surface area contributed by atoms with Gasteiger partial charge in [-0.25, -0.2) is 9.18 Å². The minimum Gasteiger partial charge on any atom is -0.449 e. The van der Waals surface area contributed by atoms with Crippen LogP contribution in [0.2, 0.25) is 0 Å². The highest BCUT2D eigenvalue weighted by Crippen LogP contribution is 2.20. The zero-order valence-electron chi connectivity index (χ0n) is 14.0. The Hall–Kier alpha value is -2.54. The molecule has 1 N–H and O–H groups in total. The largest absolute Gasteiger partial charge is 0.449 e. The van der Waals surface area contributed by atoms with Crippen molar-refractivity contribution in [1.29, 1.82) is 0 Å². The molecular formula is C18H19FN2O3S. The van der Waals surface area contributed by atoms with Crippen molar-refractivity contribution < 1.29 is 18.7 Å². The van der Waals surface area contributed by atoms with Gasteiger partial charge >= 0.3 is 6.09 Å². The second-order valence-corrected chi connectivity index (χ2v) is 6.14. The summed E-state index contributed by atoms with van der Waals surface area (Å²) in [6.07, 6.45) is -0.435. The first-order valence-electron chi connectivity index (χ1n) is 7.68. The van der Waals surface area contributed by atoms with Gasteiger partial charge in [-0.1, -0.05) is 0 Å². The number of hydrogen-bond donors (Lipinski definition) is 1. The summed E-state index contributed by atoms with van der Waals surface area (Å²) in [5.74, 6) is -0.252. The lowest BCUT2D eigenvalue weighted by atomic mass is 10.2. The van der Waals surface area contributed by atoms with Crippen molar-refractivity contribution in [2.24, 2.45) is 0 Å². The first kappa shape index (κ1) is 18.8. The highest BCUT2D eigenvalue weighted by molar-refractivity contribution is 8.00. The Morgan fingerprint density at radius 3 is 2.36 bits per heavy atom. The zero-order valence-corrected chi connectivity index (χ0v) is 14.8. The first-order chi connectivity index (χ1) is 12.0. The van der Waals surface area contributed by atoms with Crippen LogP contribution in [0.15, 0.2) is 53.4 Å². The molecule has 2 aromatic rings. The third kappa shape index (κ3) is 5.79. The van der Waals surface area contributed by atoms with E-state index in [1.54, 1.807) is 50.4 Å². The predicted octanol–water partition coefficient (Wildman–Crippen LogP) is 4.15. The molecule has 0 bridgehead atoms. The number of carbonyl (C=O) groups is 2. The molecule has 0 unspecified atom stereocenters. The summed E-state index contributed by atoms with van der Waals surface area (Å²) < 4.78 is 17.8. The van der Waals surface area contributed by atoms with Crippen LogP contribution in [0.25, 0.3) is 0 Å². The van der Waals surface area contributed by atoms with Gasteiger partial charge in [-0.15, -0.1) is 11.8 Å². The van der Waals surface area contributed by atoms with Crippen molar-refractivity contribution in [3.05, 3.63) is 54.3 Å². The van der Waals surface area contributed by atoms with Gasteiger partial charge in [0.05, 0.1) is 12.4 Å². The molecule has 2 amide bonds. The van der Waals surface area contributed by atoms with Crippen molar-refractivity contribution in [1.82, 2.24) is 0 Å². The highest BCUT2D eigenvalue weighted by Gasteiger charge is 2.11. The molecule has 0 heterocycles. The first-order valence-corrected chi connectivity index (χ1v) is 8.67. The standard InChI is InChI=1S/C18H19FN2O3S/c1-3-24-18(23)21(2)15-8-6-14(7-9-15)20-17(22)12-25-16-10-4-13(19)5-11-16/h4-11H,3,12H2,1-2H3,(H,20,22). The van der Waals surface area contributed by atoms with E-state index < -0.39 is 6.09 Å². The number of thioether (sulfide) groups is 1. The van der Waals surface area contributed by atoms with E-state index in [1.807, 2.05) is 0 Å². The summed E-state index contributed by atoms with van der Waals surface area (Å²) >= 11 is 1.33. The number of hydrogen-bond acceptors (Lipinski definition) is 4. The van der Waals surface area contributed by atoms with Crippen LogP contribution in [0.5, 0.6) is 0 Å². The molecule has 5 nitrogen and oxygen atoms in total. The fourth-order valence-electron chi connectivity index (χ4n) is 1.97. The van der Waals surface area contributed by atoms with Crippen LogP contribution in [-0.4, -0.2) is 31.4 Å². The minimum atomic E-state index is -0.435. The number of benzene rings is 2. The van der Waals surface area contributed by atoms with E-state index in [4.69, 9.17) is 4.74 Å². The summed E-state index contributed by atoms with van der Waals surface area (Å²) in [7, 11) is 1.62. The Balaban J connectivity index is 1.86. The molecule has 2 rings (SSSR count). The topological polar surface area (TPSA) is 58.6 Å². The number of carbonyl (C=O) groups excluding carboxylic acids is 2. The molecule has 7 heteroatoms. The lowest BCUT2D eigenvalue weighted by Gasteiger charge is -2.16. The molecule has 2 aromatic carbocycles. The maximum atomic E-state index is 12.8. The molecule has 0 aliphatic heterocycles. The molecule has 0 aliphatic carbocycles. The van der Waals surface area contributed by atoms with Gasteiger partial charge in [0.15, 0.2) is 0 Å². The summed E-state index contributed by atoms with van der Waals surface area (Å²) in [6, 6.07) is 12.9. The molecule has 0 spiro atoms. The second-order valence-electron chi connectivity index (χ2n) is 5.10. The van der Waals surface area contributed by atoms with Crippen LogP contribution < -0.4 is 10.2 Å². The van der Waals surface area contributed by atoms with Crippen molar-refractivity contribution in [3.63, 3.8) is 0 Å². The van der Waals surface area contributed by atoms with E-state index >= 15 is 0 Å². The Kier molecular flexibility index (Phi) is 6.82. The number of amides is 2. The molecule has 0 saturated heterocycles. The van der Waals surface area contributed by atoms with Crippen LogP contribution in [0.4, 0.5) is 20.6 Å². The third-order valence-electron chi connectivity index (χ3n) is 3.26. The third-order valence-corrected chi connectivity index (χ3v) is 4.28. The van der Waals surface area contributed by atoms with Crippen LogP contribution in [0, 0.1) is 5.82 Å². The fraction of sp³-hybridized carbons (Fsp3) is 0.222. The van der Waals surface area contributed by atoms with E-state index in [2.05, 4.69) is 5.32 Å². The van der Waals surface area contributed by atoms with Crippen molar-refractivity contribution in [2.75, 3.05) is 29.6 Å². The molecule has 0 atom stereocenters. The predicted molar refractivity (Wildman–Crippen MR) is 97.6 cm³/mol. The van der Waals surface area contributed by atoms with Crippen molar-refractivity contribution in [2.45, 2.75) is 11.8 Å². The fourth-order valence-corrected chi connectivity index (χ4v) is 2.67. The van der Waals surface area contributed by atoms with Crippen LogP contribution in [-0.2, 0) is 9.53 Å². The molecule has 0 radical (unpaired) electrons. The van der Waals surface area contributed by atoms with E-state index in [9.17, 15) is 14.0 Å². The van der Waals surface area contributed by atoms with Crippen LogP contribution in [0.1, 0.15) is 6.92 Å². The molecule has 0 fully saturated rings. The Morgan fingerprint density at radius 1 is 1.12 bits per heavy atom. The lowest BCUT2D eigenvalue weighted by molar-refractivity contribution is -0.113. The van der Waals surface area contributed by atoms with Gasteiger partial charge in [-0.3, -0.25) is 9.69 Å². The molecule has 0 saturated carbocycles. The van der Waals surface area contributed by atoms with E-state index in [1.165, 1.54) is 28.8 Å². The van der Waals surface area contributed by atoms with Gasteiger partial charge < -0.3 is 10.1 Å². The Bertz CT molecular complexity index is 720.